The van der Waals surface area contributed by atoms with Gasteiger partial charge in [0, 0.05) is 10.6 Å². The van der Waals surface area contributed by atoms with E-state index in [9.17, 15) is 4.79 Å². The molecule has 0 atom stereocenters. The molecule has 0 saturated carbocycles. The van der Waals surface area contributed by atoms with Crippen molar-refractivity contribution in [1.82, 2.24) is 5.32 Å². The minimum absolute atomic E-state index is 0.158. The van der Waals surface area contributed by atoms with Crippen molar-refractivity contribution in [2.24, 2.45) is 0 Å². The number of carbonyl (C=O) groups is 1. The molecule has 1 N–H and O–H groups in total. The maximum Gasteiger partial charge on any atom is 0.258 e. The summed E-state index contributed by atoms with van der Waals surface area (Å²) in [6, 6.07) is 12.0. The van der Waals surface area contributed by atoms with Gasteiger partial charge in [-0.3, -0.25) is 4.79 Å². The standard InChI is InChI=1S/C17H12Cl3NO2/c18-13-7-8-16(15(20)10-13)23-11-17(22)21-9-3-5-12-4-1-2-6-14(12)19/h1-2,4,6-8,10H,9,11H2,(H,21,22). The topological polar surface area (TPSA) is 38.3 Å². The molecule has 0 aliphatic heterocycles. The molecule has 0 spiro atoms. The number of hydrogen-bond donors (Lipinski definition) is 1. The van der Waals surface area contributed by atoms with Crippen molar-refractivity contribution >= 4 is 40.7 Å². The first-order valence-corrected chi connectivity index (χ1v) is 7.77. The highest BCUT2D eigenvalue weighted by Crippen LogP contribution is 2.27. The highest BCUT2D eigenvalue weighted by Gasteiger charge is 2.05. The lowest BCUT2D eigenvalue weighted by atomic mass is 10.2. The maximum absolute atomic E-state index is 11.7. The van der Waals surface area contributed by atoms with Crippen molar-refractivity contribution in [3.63, 3.8) is 0 Å². The van der Waals surface area contributed by atoms with E-state index in [1.54, 1.807) is 24.3 Å². The summed E-state index contributed by atoms with van der Waals surface area (Å²) in [6.07, 6.45) is 0. The molecule has 118 valence electrons. The van der Waals surface area contributed by atoms with Crippen molar-refractivity contribution in [3.8, 4) is 17.6 Å². The van der Waals surface area contributed by atoms with Crippen LogP contribution in [0.5, 0.6) is 5.75 Å². The van der Waals surface area contributed by atoms with Gasteiger partial charge >= 0.3 is 0 Å². The highest BCUT2D eigenvalue weighted by molar-refractivity contribution is 6.35. The smallest absolute Gasteiger partial charge is 0.258 e. The number of carbonyl (C=O) groups excluding carboxylic acids is 1. The second-order valence-electron chi connectivity index (χ2n) is 4.42. The highest BCUT2D eigenvalue weighted by atomic mass is 35.5. The van der Waals surface area contributed by atoms with E-state index < -0.39 is 0 Å². The zero-order valence-electron chi connectivity index (χ0n) is 11.9. The van der Waals surface area contributed by atoms with E-state index >= 15 is 0 Å². The second kappa shape index (κ2) is 8.69. The Bertz CT molecular complexity index is 766. The van der Waals surface area contributed by atoms with Crippen LogP contribution in [-0.2, 0) is 4.79 Å². The molecule has 0 radical (unpaired) electrons. The monoisotopic (exact) mass is 367 g/mol. The summed E-state index contributed by atoms with van der Waals surface area (Å²) in [5.74, 6) is 5.80. The first-order chi connectivity index (χ1) is 11.1. The van der Waals surface area contributed by atoms with Crippen LogP contribution in [0.4, 0.5) is 0 Å². The fraction of sp³-hybridized carbons (Fsp3) is 0.118. The number of hydrogen-bond acceptors (Lipinski definition) is 2. The van der Waals surface area contributed by atoms with Gasteiger partial charge in [0.1, 0.15) is 5.75 Å². The largest absolute Gasteiger partial charge is 0.482 e. The Morgan fingerprint density at radius 1 is 1.09 bits per heavy atom. The maximum atomic E-state index is 11.7. The van der Waals surface area contributed by atoms with Gasteiger partial charge in [-0.2, -0.15) is 0 Å². The minimum Gasteiger partial charge on any atom is -0.482 e. The van der Waals surface area contributed by atoms with Gasteiger partial charge in [0.05, 0.1) is 16.6 Å². The fourth-order valence-corrected chi connectivity index (χ4v) is 2.28. The molecule has 6 heteroatoms. The van der Waals surface area contributed by atoms with Crippen molar-refractivity contribution in [2.75, 3.05) is 13.2 Å². The third-order valence-electron chi connectivity index (χ3n) is 2.72. The Labute approximate surface area is 149 Å². The normalized spacial score (nSPS) is 9.70. The molecule has 0 aromatic heterocycles. The molecule has 0 saturated heterocycles. The van der Waals surface area contributed by atoms with Crippen molar-refractivity contribution in [3.05, 3.63) is 63.1 Å². The van der Waals surface area contributed by atoms with Crippen LogP contribution in [0.3, 0.4) is 0 Å². The summed E-state index contributed by atoms with van der Waals surface area (Å²) in [6.45, 7) is 0.0386. The van der Waals surface area contributed by atoms with E-state index in [1.165, 1.54) is 0 Å². The van der Waals surface area contributed by atoms with Crippen LogP contribution < -0.4 is 10.1 Å². The van der Waals surface area contributed by atoms with Gasteiger partial charge in [-0.15, -0.1) is 0 Å². The lowest BCUT2D eigenvalue weighted by molar-refractivity contribution is -0.122. The molecule has 3 nitrogen and oxygen atoms in total. The summed E-state index contributed by atoms with van der Waals surface area (Å²) < 4.78 is 5.32. The minimum atomic E-state index is -0.301. The Morgan fingerprint density at radius 2 is 1.87 bits per heavy atom. The van der Waals surface area contributed by atoms with Crippen LogP contribution in [0.2, 0.25) is 15.1 Å². The summed E-state index contributed by atoms with van der Waals surface area (Å²) in [4.78, 5) is 11.7. The lowest BCUT2D eigenvalue weighted by Crippen LogP contribution is -2.29. The average molecular weight is 369 g/mol. The predicted molar refractivity (Wildman–Crippen MR) is 93.3 cm³/mol. The Kier molecular flexibility index (Phi) is 6.61. The van der Waals surface area contributed by atoms with Crippen LogP contribution >= 0.6 is 34.8 Å². The van der Waals surface area contributed by atoms with Gasteiger partial charge in [0.2, 0.25) is 0 Å². The molecule has 2 rings (SSSR count). The number of ether oxygens (including phenoxy) is 1. The molecule has 0 unspecified atom stereocenters. The van der Waals surface area contributed by atoms with E-state index in [2.05, 4.69) is 17.2 Å². The predicted octanol–water partition coefficient (Wildman–Crippen LogP) is 4.19. The number of halogens is 3. The van der Waals surface area contributed by atoms with Crippen LogP contribution in [0.15, 0.2) is 42.5 Å². The third-order valence-corrected chi connectivity index (χ3v) is 3.58. The molecule has 2 aromatic rings. The zero-order valence-corrected chi connectivity index (χ0v) is 14.2. The van der Waals surface area contributed by atoms with E-state index in [4.69, 9.17) is 39.5 Å². The number of nitrogens with one attached hydrogen (secondary N) is 1. The Morgan fingerprint density at radius 3 is 2.61 bits per heavy atom. The van der Waals surface area contributed by atoms with Gasteiger partial charge in [-0.25, -0.2) is 0 Å². The molecule has 0 heterocycles. The van der Waals surface area contributed by atoms with Crippen LogP contribution in [0.25, 0.3) is 0 Å². The van der Waals surface area contributed by atoms with E-state index in [-0.39, 0.29) is 19.1 Å². The Hall–Kier alpha value is -1.86. The molecule has 0 aliphatic rings. The Balaban J connectivity index is 1.79. The van der Waals surface area contributed by atoms with E-state index in [0.717, 1.165) is 0 Å². The zero-order chi connectivity index (χ0) is 16.7. The molecular formula is C17H12Cl3NO2. The third kappa shape index (κ3) is 5.69. The average Bonchev–Trinajstić information content (AvgIpc) is 2.52. The summed E-state index contributed by atoms with van der Waals surface area (Å²) in [7, 11) is 0. The first-order valence-electron chi connectivity index (χ1n) is 6.64. The van der Waals surface area contributed by atoms with Crippen LogP contribution in [0.1, 0.15) is 5.56 Å². The fourth-order valence-electron chi connectivity index (χ4n) is 1.63. The quantitative estimate of drug-likeness (QED) is 0.822. The van der Waals surface area contributed by atoms with Crippen molar-refractivity contribution < 1.29 is 9.53 Å². The van der Waals surface area contributed by atoms with Gasteiger partial charge in [-0.1, -0.05) is 58.8 Å². The van der Waals surface area contributed by atoms with Gasteiger partial charge in [-0.05, 0) is 30.3 Å². The molecule has 0 fully saturated rings. The lowest BCUT2D eigenvalue weighted by Gasteiger charge is -2.07. The number of rotatable bonds is 4. The summed E-state index contributed by atoms with van der Waals surface area (Å²) in [5, 5.41) is 4.05. The van der Waals surface area contributed by atoms with Crippen LogP contribution in [0, 0.1) is 11.8 Å². The molecule has 0 aliphatic carbocycles. The van der Waals surface area contributed by atoms with E-state index in [1.807, 2.05) is 18.2 Å². The first kappa shape index (κ1) is 17.5. The van der Waals surface area contributed by atoms with Gasteiger partial charge in [0.15, 0.2) is 6.61 Å². The SMILES string of the molecule is O=C(COc1ccc(Cl)cc1Cl)NCC#Cc1ccccc1Cl. The molecule has 1 amide bonds. The molecule has 23 heavy (non-hydrogen) atoms. The van der Waals surface area contributed by atoms with E-state index in [0.29, 0.717) is 26.4 Å². The van der Waals surface area contributed by atoms with Gasteiger partial charge in [0.25, 0.3) is 5.91 Å². The molecular weight excluding hydrogens is 357 g/mol. The summed E-state index contributed by atoms with van der Waals surface area (Å²) >= 11 is 17.7. The number of benzene rings is 2. The van der Waals surface area contributed by atoms with Gasteiger partial charge < -0.3 is 10.1 Å². The van der Waals surface area contributed by atoms with Crippen LogP contribution in [-0.4, -0.2) is 19.1 Å². The number of amides is 1. The second-order valence-corrected chi connectivity index (χ2v) is 5.67. The molecule has 2 aromatic carbocycles. The molecule has 0 bridgehead atoms. The summed E-state index contributed by atoms with van der Waals surface area (Å²) in [5.41, 5.74) is 0.715. The van der Waals surface area contributed by atoms with Crippen molar-refractivity contribution in [1.29, 1.82) is 0 Å². The van der Waals surface area contributed by atoms with Crippen molar-refractivity contribution in [2.45, 2.75) is 0 Å².